The standard InChI is InChI=1S/C25H30N2O4/c1-3-18-4-6-19(7-5-18)15-22-24(30)23-17(2)14-21(29)20(25(23)31-22)16-27-10-8-26(9-11-27)12-13-28/h4-7,14-15,28-29H,3,8-13,16H2,1-2H3/b22-15-. The first-order valence-corrected chi connectivity index (χ1v) is 10.9. The van der Waals surface area contributed by atoms with Gasteiger partial charge in [0, 0.05) is 39.3 Å². The van der Waals surface area contributed by atoms with Gasteiger partial charge >= 0.3 is 0 Å². The molecule has 0 atom stereocenters. The summed E-state index contributed by atoms with van der Waals surface area (Å²) in [4.78, 5) is 17.6. The number of β-amino-alcohol motifs (C(OH)–C–C–N with tert-alkyl or cyclic N) is 1. The minimum Gasteiger partial charge on any atom is -0.507 e. The molecule has 6 heteroatoms. The van der Waals surface area contributed by atoms with Crippen LogP contribution in [0.25, 0.3) is 6.08 Å². The van der Waals surface area contributed by atoms with Gasteiger partial charge in [0.2, 0.25) is 5.78 Å². The fraction of sp³-hybridized carbons (Fsp3) is 0.400. The van der Waals surface area contributed by atoms with E-state index in [2.05, 4.69) is 28.9 Å². The maximum absolute atomic E-state index is 13.1. The van der Waals surface area contributed by atoms with E-state index in [1.54, 1.807) is 12.1 Å². The van der Waals surface area contributed by atoms with Gasteiger partial charge in [-0.25, -0.2) is 0 Å². The Kier molecular flexibility index (Phi) is 6.41. The Morgan fingerprint density at radius 3 is 2.42 bits per heavy atom. The van der Waals surface area contributed by atoms with Crippen molar-refractivity contribution in [1.29, 1.82) is 0 Å². The quantitative estimate of drug-likeness (QED) is 0.698. The number of piperazine rings is 1. The Bertz CT molecular complexity index is 990. The van der Waals surface area contributed by atoms with Crippen LogP contribution >= 0.6 is 0 Å². The summed E-state index contributed by atoms with van der Waals surface area (Å²) in [7, 11) is 0. The predicted molar refractivity (Wildman–Crippen MR) is 120 cm³/mol. The highest BCUT2D eigenvalue weighted by Gasteiger charge is 2.34. The Hall–Kier alpha value is -2.67. The van der Waals surface area contributed by atoms with Crippen LogP contribution in [0.1, 0.15) is 39.5 Å². The van der Waals surface area contributed by atoms with E-state index in [1.165, 1.54) is 5.56 Å². The van der Waals surface area contributed by atoms with Crippen LogP contribution in [-0.4, -0.2) is 65.1 Å². The summed E-state index contributed by atoms with van der Waals surface area (Å²) >= 11 is 0. The zero-order chi connectivity index (χ0) is 22.0. The monoisotopic (exact) mass is 422 g/mol. The molecule has 2 aliphatic heterocycles. The summed E-state index contributed by atoms with van der Waals surface area (Å²) in [5.74, 6) is 0.801. The number of allylic oxidation sites excluding steroid dienone is 1. The number of ketones is 1. The Morgan fingerprint density at radius 1 is 1.10 bits per heavy atom. The SMILES string of the molecule is CCc1ccc(/C=C2\Oc3c(CN4CCN(CCO)CC4)c(O)cc(C)c3C2=O)cc1. The van der Waals surface area contributed by atoms with Crippen molar-refractivity contribution >= 4 is 11.9 Å². The van der Waals surface area contributed by atoms with Crippen LogP contribution in [0.4, 0.5) is 0 Å². The third kappa shape index (κ3) is 4.51. The van der Waals surface area contributed by atoms with Crippen molar-refractivity contribution in [3.05, 3.63) is 63.9 Å². The highest BCUT2D eigenvalue weighted by Crippen LogP contribution is 2.42. The second kappa shape index (κ2) is 9.22. The molecule has 31 heavy (non-hydrogen) atoms. The number of hydrogen-bond acceptors (Lipinski definition) is 6. The average Bonchev–Trinajstić information content (AvgIpc) is 3.09. The average molecular weight is 423 g/mol. The third-order valence-electron chi connectivity index (χ3n) is 6.17. The van der Waals surface area contributed by atoms with Crippen molar-refractivity contribution in [3.8, 4) is 11.5 Å². The van der Waals surface area contributed by atoms with Crippen LogP contribution in [0, 0.1) is 6.92 Å². The zero-order valence-corrected chi connectivity index (χ0v) is 18.2. The topological polar surface area (TPSA) is 73.2 Å². The number of rotatable bonds is 6. The molecule has 0 radical (unpaired) electrons. The molecule has 164 valence electrons. The van der Waals surface area contributed by atoms with E-state index in [-0.39, 0.29) is 18.1 Å². The molecule has 0 aliphatic carbocycles. The second-order valence-corrected chi connectivity index (χ2v) is 8.27. The molecule has 0 aromatic heterocycles. The Labute approximate surface area is 183 Å². The minimum absolute atomic E-state index is 0.138. The van der Waals surface area contributed by atoms with Gasteiger partial charge in [0.25, 0.3) is 0 Å². The molecule has 0 unspecified atom stereocenters. The summed E-state index contributed by atoms with van der Waals surface area (Å²) < 4.78 is 6.06. The fourth-order valence-electron chi connectivity index (χ4n) is 4.27. The summed E-state index contributed by atoms with van der Waals surface area (Å²) in [6.45, 7) is 8.72. The lowest BCUT2D eigenvalue weighted by Gasteiger charge is -2.34. The van der Waals surface area contributed by atoms with Crippen molar-refractivity contribution < 1.29 is 19.7 Å². The number of phenolic OH excluding ortho intramolecular Hbond substituents is 1. The molecule has 1 saturated heterocycles. The van der Waals surface area contributed by atoms with E-state index in [4.69, 9.17) is 9.84 Å². The number of aryl methyl sites for hydroxylation is 2. The number of nitrogens with zero attached hydrogens (tertiary/aromatic N) is 2. The van der Waals surface area contributed by atoms with E-state index in [0.29, 0.717) is 35.7 Å². The van der Waals surface area contributed by atoms with Crippen molar-refractivity contribution in [2.24, 2.45) is 0 Å². The van der Waals surface area contributed by atoms with Crippen molar-refractivity contribution in [1.82, 2.24) is 9.80 Å². The normalized spacial score (nSPS) is 18.4. The van der Waals surface area contributed by atoms with E-state index >= 15 is 0 Å². The number of carbonyl (C=O) groups excluding carboxylic acids is 1. The molecule has 4 rings (SSSR count). The fourth-order valence-corrected chi connectivity index (χ4v) is 4.27. The van der Waals surface area contributed by atoms with Gasteiger partial charge in [-0.1, -0.05) is 31.2 Å². The summed E-state index contributed by atoms with van der Waals surface area (Å²) in [6.07, 6.45) is 2.74. The molecule has 2 aromatic rings. The highest BCUT2D eigenvalue weighted by atomic mass is 16.5. The first kappa shape index (κ1) is 21.6. The van der Waals surface area contributed by atoms with Gasteiger partial charge in [0.15, 0.2) is 5.76 Å². The van der Waals surface area contributed by atoms with E-state index < -0.39 is 0 Å². The molecule has 0 amide bonds. The van der Waals surface area contributed by atoms with Crippen LogP contribution < -0.4 is 4.74 Å². The van der Waals surface area contributed by atoms with Crippen LogP contribution in [0.15, 0.2) is 36.1 Å². The minimum atomic E-state index is -0.138. The van der Waals surface area contributed by atoms with E-state index in [9.17, 15) is 9.90 Å². The molecule has 2 N–H and O–H groups in total. The third-order valence-corrected chi connectivity index (χ3v) is 6.17. The smallest absolute Gasteiger partial charge is 0.232 e. The first-order chi connectivity index (χ1) is 15.0. The maximum Gasteiger partial charge on any atom is 0.232 e. The second-order valence-electron chi connectivity index (χ2n) is 8.27. The summed E-state index contributed by atoms with van der Waals surface area (Å²) in [5, 5.41) is 19.8. The molecule has 6 nitrogen and oxygen atoms in total. The van der Waals surface area contributed by atoms with Crippen molar-refractivity contribution in [2.75, 3.05) is 39.3 Å². The number of fused-ring (bicyclic) bond motifs is 1. The lowest BCUT2D eigenvalue weighted by Crippen LogP contribution is -2.46. The molecular formula is C25H30N2O4. The predicted octanol–water partition coefficient (Wildman–Crippen LogP) is 2.99. The molecule has 0 spiro atoms. The number of hydrogen-bond donors (Lipinski definition) is 2. The lowest BCUT2D eigenvalue weighted by molar-refractivity contribution is 0.101. The van der Waals surface area contributed by atoms with Gasteiger partial charge in [-0.2, -0.15) is 0 Å². The van der Waals surface area contributed by atoms with Gasteiger partial charge in [0.1, 0.15) is 11.5 Å². The van der Waals surface area contributed by atoms with E-state index in [0.717, 1.165) is 43.7 Å². The molecule has 2 aromatic carbocycles. The summed E-state index contributed by atoms with van der Waals surface area (Å²) in [5.41, 5.74) is 4.08. The molecule has 1 fully saturated rings. The van der Waals surface area contributed by atoms with Crippen LogP contribution in [-0.2, 0) is 13.0 Å². The molecule has 0 saturated carbocycles. The van der Waals surface area contributed by atoms with Gasteiger partial charge in [-0.3, -0.25) is 14.6 Å². The van der Waals surface area contributed by atoms with Gasteiger partial charge in [0.05, 0.1) is 17.7 Å². The Balaban J connectivity index is 1.58. The van der Waals surface area contributed by atoms with Gasteiger partial charge in [-0.05, 0) is 42.2 Å². The van der Waals surface area contributed by atoms with Crippen LogP contribution in [0.3, 0.4) is 0 Å². The van der Waals surface area contributed by atoms with Crippen LogP contribution in [0.2, 0.25) is 0 Å². The largest absolute Gasteiger partial charge is 0.507 e. The zero-order valence-electron chi connectivity index (χ0n) is 18.2. The number of Topliss-reactive ketones (excluding diaryl/α,β-unsaturated/α-hetero) is 1. The number of benzene rings is 2. The lowest BCUT2D eigenvalue weighted by atomic mass is 9.99. The number of carbonyl (C=O) groups is 1. The van der Waals surface area contributed by atoms with Crippen LogP contribution in [0.5, 0.6) is 11.5 Å². The molecule has 2 aliphatic rings. The van der Waals surface area contributed by atoms with Gasteiger partial charge < -0.3 is 14.9 Å². The summed E-state index contributed by atoms with van der Waals surface area (Å²) in [6, 6.07) is 9.75. The van der Waals surface area contributed by atoms with Gasteiger partial charge in [-0.15, -0.1) is 0 Å². The van der Waals surface area contributed by atoms with E-state index in [1.807, 2.05) is 19.1 Å². The number of ether oxygens (including phenoxy) is 1. The maximum atomic E-state index is 13.1. The number of aliphatic hydroxyl groups is 1. The highest BCUT2D eigenvalue weighted by molar-refractivity contribution is 6.15. The number of phenols is 1. The molecule has 2 heterocycles. The molecule has 0 bridgehead atoms. The Morgan fingerprint density at radius 2 is 1.77 bits per heavy atom. The van der Waals surface area contributed by atoms with Crippen molar-refractivity contribution in [2.45, 2.75) is 26.8 Å². The van der Waals surface area contributed by atoms with Crippen molar-refractivity contribution in [3.63, 3.8) is 0 Å². The number of aliphatic hydroxyl groups excluding tert-OH is 1. The molecular weight excluding hydrogens is 392 g/mol. The first-order valence-electron chi connectivity index (χ1n) is 10.9. The number of aromatic hydroxyl groups is 1.